The highest BCUT2D eigenvalue weighted by Crippen LogP contribution is 2.36. The van der Waals surface area contributed by atoms with E-state index in [9.17, 15) is 13.2 Å². The van der Waals surface area contributed by atoms with Gasteiger partial charge in [0.2, 0.25) is 12.7 Å². The van der Waals surface area contributed by atoms with Crippen molar-refractivity contribution in [2.24, 2.45) is 5.92 Å². The van der Waals surface area contributed by atoms with E-state index >= 15 is 0 Å². The third-order valence-electron chi connectivity index (χ3n) is 6.84. The highest BCUT2D eigenvalue weighted by Gasteiger charge is 2.33. The lowest BCUT2D eigenvalue weighted by molar-refractivity contribution is -0.126. The van der Waals surface area contributed by atoms with Gasteiger partial charge in [-0.25, -0.2) is 8.42 Å². The number of carbonyl (C=O) groups excluding carboxylic acids is 1. The molecule has 0 unspecified atom stereocenters. The van der Waals surface area contributed by atoms with Crippen molar-refractivity contribution in [3.63, 3.8) is 0 Å². The summed E-state index contributed by atoms with van der Waals surface area (Å²) in [5.41, 5.74) is 1.84. The SMILES string of the molecule is O=C(NCc1ccc2c(c1)OCO2)C1CCN(S(=O)(=O)c2ccc(-c3cncc4ccccc34)s2)CC1. The summed E-state index contributed by atoms with van der Waals surface area (Å²) in [5, 5.41) is 5.02. The third-order valence-corrected chi connectivity index (χ3v) is 10.3. The van der Waals surface area contributed by atoms with E-state index in [1.165, 1.54) is 15.6 Å². The molecule has 8 nitrogen and oxygen atoms in total. The van der Waals surface area contributed by atoms with Crippen LogP contribution in [0, 0.1) is 5.92 Å². The van der Waals surface area contributed by atoms with Crippen LogP contribution in [0.2, 0.25) is 0 Å². The summed E-state index contributed by atoms with van der Waals surface area (Å²) in [6, 6.07) is 17.0. The van der Waals surface area contributed by atoms with Gasteiger partial charge >= 0.3 is 0 Å². The number of aromatic nitrogens is 1. The molecule has 1 fully saturated rings. The summed E-state index contributed by atoms with van der Waals surface area (Å²) < 4.78 is 39.3. The van der Waals surface area contributed by atoms with Crippen molar-refractivity contribution < 1.29 is 22.7 Å². The molecule has 2 aliphatic rings. The van der Waals surface area contributed by atoms with Crippen LogP contribution in [-0.2, 0) is 21.4 Å². The number of rotatable bonds is 6. The zero-order chi connectivity index (χ0) is 25.4. The van der Waals surface area contributed by atoms with E-state index in [1.807, 2.05) is 48.5 Å². The van der Waals surface area contributed by atoms with Crippen molar-refractivity contribution in [1.29, 1.82) is 0 Å². The minimum absolute atomic E-state index is 0.0587. The maximum atomic E-state index is 13.4. The maximum absolute atomic E-state index is 13.4. The fourth-order valence-corrected chi connectivity index (χ4v) is 7.74. The van der Waals surface area contributed by atoms with Crippen molar-refractivity contribution in [2.45, 2.75) is 23.6 Å². The Morgan fingerprint density at radius 1 is 1.03 bits per heavy atom. The summed E-state index contributed by atoms with van der Waals surface area (Å²) in [6.07, 6.45) is 4.55. The van der Waals surface area contributed by atoms with E-state index in [0.717, 1.165) is 26.8 Å². The zero-order valence-electron chi connectivity index (χ0n) is 19.9. The summed E-state index contributed by atoms with van der Waals surface area (Å²) in [5.74, 6) is 1.10. The van der Waals surface area contributed by atoms with Gasteiger partial charge in [0.25, 0.3) is 10.0 Å². The Morgan fingerprint density at radius 2 is 1.84 bits per heavy atom. The quantitative estimate of drug-likeness (QED) is 0.393. The Kier molecular flexibility index (Phi) is 6.31. The number of hydrogen-bond acceptors (Lipinski definition) is 7. The van der Waals surface area contributed by atoms with E-state index in [1.54, 1.807) is 18.5 Å². The Hall–Kier alpha value is -3.47. The Labute approximate surface area is 218 Å². The van der Waals surface area contributed by atoms with Gasteiger partial charge in [-0.1, -0.05) is 30.3 Å². The van der Waals surface area contributed by atoms with Crippen molar-refractivity contribution in [3.8, 4) is 21.9 Å². The van der Waals surface area contributed by atoms with Crippen molar-refractivity contribution in [3.05, 3.63) is 72.6 Å². The highest BCUT2D eigenvalue weighted by molar-refractivity contribution is 7.91. The van der Waals surface area contributed by atoms with Crippen LogP contribution in [0.1, 0.15) is 18.4 Å². The first-order valence-corrected chi connectivity index (χ1v) is 14.3. The number of nitrogens with one attached hydrogen (secondary N) is 1. The first kappa shape index (κ1) is 23.9. The molecule has 0 aliphatic carbocycles. The molecule has 4 heterocycles. The number of benzene rings is 2. The van der Waals surface area contributed by atoms with Crippen LogP contribution in [0.25, 0.3) is 21.2 Å². The van der Waals surface area contributed by atoms with Crippen LogP contribution in [-0.4, -0.2) is 43.5 Å². The number of hydrogen-bond donors (Lipinski definition) is 1. The molecule has 0 atom stereocenters. The first-order valence-electron chi connectivity index (χ1n) is 12.1. The van der Waals surface area contributed by atoms with E-state index in [-0.39, 0.29) is 18.6 Å². The van der Waals surface area contributed by atoms with Gasteiger partial charge in [-0.05, 0) is 48.1 Å². The fourth-order valence-electron chi connectivity index (χ4n) is 4.79. The van der Waals surface area contributed by atoms with Gasteiger partial charge in [0, 0.05) is 53.8 Å². The topological polar surface area (TPSA) is 97.8 Å². The molecular formula is C27H25N3O5S2. The third kappa shape index (κ3) is 4.68. The van der Waals surface area contributed by atoms with Crippen molar-refractivity contribution in [2.75, 3.05) is 19.9 Å². The number of nitrogens with zero attached hydrogens (tertiary/aromatic N) is 2. The number of sulfonamides is 1. The zero-order valence-corrected chi connectivity index (χ0v) is 21.6. The smallest absolute Gasteiger partial charge is 0.252 e. The van der Waals surface area contributed by atoms with Crippen molar-refractivity contribution >= 4 is 38.0 Å². The van der Waals surface area contributed by atoms with Crippen LogP contribution in [0.15, 0.2) is 71.2 Å². The summed E-state index contributed by atoms with van der Waals surface area (Å²) in [4.78, 5) is 17.9. The van der Waals surface area contributed by atoms with Gasteiger partial charge in [-0.3, -0.25) is 9.78 Å². The van der Waals surface area contributed by atoms with E-state index in [0.29, 0.717) is 48.2 Å². The van der Waals surface area contributed by atoms with Crippen LogP contribution >= 0.6 is 11.3 Å². The minimum atomic E-state index is -3.64. The summed E-state index contributed by atoms with van der Waals surface area (Å²) in [7, 11) is -3.64. The van der Waals surface area contributed by atoms with Gasteiger partial charge in [0.1, 0.15) is 4.21 Å². The number of piperidine rings is 1. The van der Waals surface area contributed by atoms with Gasteiger partial charge < -0.3 is 14.8 Å². The molecule has 0 bridgehead atoms. The lowest BCUT2D eigenvalue weighted by Gasteiger charge is -2.30. The number of thiophene rings is 1. The molecule has 10 heteroatoms. The molecule has 0 spiro atoms. The standard InChI is InChI=1S/C27H25N3O5S2/c31-27(29-14-18-5-6-23-24(13-18)35-17-34-23)19-9-11-30(12-10-19)37(32,33)26-8-7-25(36-26)22-16-28-15-20-3-1-2-4-21(20)22/h1-8,13,15-16,19H,9-12,14,17H2,(H,29,31). The number of amides is 1. The highest BCUT2D eigenvalue weighted by atomic mass is 32.2. The largest absolute Gasteiger partial charge is 0.454 e. The molecule has 0 saturated carbocycles. The van der Waals surface area contributed by atoms with E-state index < -0.39 is 10.0 Å². The Balaban J connectivity index is 1.09. The number of fused-ring (bicyclic) bond motifs is 2. The molecule has 2 aromatic heterocycles. The number of ether oxygens (including phenoxy) is 2. The molecule has 190 valence electrons. The molecule has 4 aromatic rings. The molecule has 6 rings (SSSR count). The summed E-state index contributed by atoms with van der Waals surface area (Å²) in [6.45, 7) is 1.22. The van der Waals surface area contributed by atoms with Gasteiger partial charge in [0.15, 0.2) is 11.5 Å². The number of pyridine rings is 1. The molecule has 37 heavy (non-hydrogen) atoms. The molecule has 1 amide bonds. The number of carbonyl (C=O) groups is 1. The molecule has 1 saturated heterocycles. The predicted molar refractivity (Wildman–Crippen MR) is 141 cm³/mol. The molecule has 1 N–H and O–H groups in total. The minimum Gasteiger partial charge on any atom is -0.454 e. The Morgan fingerprint density at radius 3 is 2.70 bits per heavy atom. The molecule has 0 radical (unpaired) electrons. The van der Waals surface area contributed by atoms with Crippen molar-refractivity contribution in [1.82, 2.24) is 14.6 Å². The second-order valence-corrected chi connectivity index (χ2v) is 12.4. The average molecular weight is 536 g/mol. The first-order chi connectivity index (χ1) is 18.0. The summed E-state index contributed by atoms with van der Waals surface area (Å²) >= 11 is 1.25. The van der Waals surface area contributed by atoms with E-state index in [4.69, 9.17) is 9.47 Å². The van der Waals surface area contributed by atoms with Crippen LogP contribution < -0.4 is 14.8 Å². The van der Waals surface area contributed by atoms with Crippen LogP contribution in [0.3, 0.4) is 0 Å². The predicted octanol–water partition coefficient (Wildman–Crippen LogP) is 4.41. The molecular weight excluding hydrogens is 510 g/mol. The normalized spacial score (nSPS) is 16.2. The molecule has 2 aromatic carbocycles. The van der Waals surface area contributed by atoms with Gasteiger partial charge in [-0.15, -0.1) is 11.3 Å². The van der Waals surface area contributed by atoms with Gasteiger partial charge in [-0.2, -0.15) is 4.31 Å². The second-order valence-electron chi connectivity index (χ2n) is 9.11. The van der Waals surface area contributed by atoms with Crippen LogP contribution in [0.4, 0.5) is 0 Å². The lowest BCUT2D eigenvalue weighted by Crippen LogP contribution is -2.42. The average Bonchev–Trinajstić information content (AvgIpc) is 3.62. The lowest BCUT2D eigenvalue weighted by atomic mass is 9.97. The fraction of sp³-hybridized carbons (Fsp3) is 0.259. The molecule has 2 aliphatic heterocycles. The Bertz CT molecular complexity index is 1570. The van der Waals surface area contributed by atoms with E-state index in [2.05, 4.69) is 10.3 Å². The monoisotopic (exact) mass is 535 g/mol. The maximum Gasteiger partial charge on any atom is 0.252 e. The second kappa shape index (κ2) is 9.77. The van der Waals surface area contributed by atoms with Crippen LogP contribution in [0.5, 0.6) is 11.5 Å². The van der Waals surface area contributed by atoms with Gasteiger partial charge in [0.05, 0.1) is 0 Å².